The number of carbonyl (C=O) groups is 1. The van der Waals surface area contributed by atoms with Crippen molar-refractivity contribution in [3.63, 3.8) is 0 Å². The number of amides is 1. The highest BCUT2D eigenvalue weighted by Gasteiger charge is 2.22. The van der Waals surface area contributed by atoms with Gasteiger partial charge in [0.1, 0.15) is 10.6 Å². The van der Waals surface area contributed by atoms with Crippen LogP contribution in [0.1, 0.15) is 33.6 Å². The number of aryl methyl sites for hydroxylation is 3. The summed E-state index contributed by atoms with van der Waals surface area (Å²) in [6.07, 6.45) is 2.31. The van der Waals surface area contributed by atoms with E-state index in [1.807, 2.05) is 32.0 Å². The summed E-state index contributed by atoms with van der Waals surface area (Å²) in [5.74, 6) is -0.233. The Morgan fingerprint density at radius 3 is 2.75 bits per heavy atom. The zero-order valence-electron chi connectivity index (χ0n) is 13.8. The highest BCUT2D eigenvalue weighted by molar-refractivity contribution is 7.89. The van der Waals surface area contributed by atoms with Crippen LogP contribution < -0.4 is 10.0 Å². The summed E-state index contributed by atoms with van der Waals surface area (Å²) in [6, 6.07) is 7.29. The van der Waals surface area contributed by atoms with E-state index in [1.54, 1.807) is 4.57 Å². The van der Waals surface area contributed by atoms with E-state index in [1.165, 1.54) is 17.8 Å². The van der Waals surface area contributed by atoms with Crippen LogP contribution in [0.15, 0.2) is 35.4 Å². The number of nitrogens with zero attached hydrogens (tertiary/aromatic N) is 1. The lowest BCUT2D eigenvalue weighted by atomic mass is 10.1. The third-order valence-corrected chi connectivity index (χ3v) is 5.68. The molecule has 0 fully saturated rings. The summed E-state index contributed by atoms with van der Waals surface area (Å²) in [6.45, 7) is 5.46. The summed E-state index contributed by atoms with van der Waals surface area (Å²) >= 11 is 0. The number of sulfonamides is 1. The molecule has 2 heterocycles. The molecule has 0 unspecified atom stereocenters. The summed E-state index contributed by atoms with van der Waals surface area (Å²) in [4.78, 5) is 12.1. The van der Waals surface area contributed by atoms with E-state index in [2.05, 4.69) is 10.0 Å². The van der Waals surface area contributed by atoms with Crippen molar-refractivity contribution in [3.8, 4) is 0 Å². The first kappa shape index (κ1) is 16.7. The highest BCUT2D eigenvalue weighted by atomic mass is 32.2. The topological polar surface area (TPSA) is 80.2 Å². The van der Waals surface area contributed by atoms with Crippen molar-refractivity contribution in [3.05, 3.63) is 52.8 Å². The highest BCUT2D eigenvalue weighted by Crippen LogP contribution is 2.17. The fourth-order valence-corrected chi connectivity index (χ4v) is 3.78. The molecule has 2 N–H and O–H groups in total. The maximum atomic E-state index is 12.5. The number of hydrogen-bond acceptors (Lipinski definition) is 3. The zero-order chi connectivity index (χ0) is 17.3. The van der Waals surface area contributed by atoms with Crippen molar-refractivity contribution in [2.45, 2.75) is 38.3 Å². The minimum atomic E-state index is -3.66. The molecule has 0 aliphatic carbocycles. The van der Waals surface area contributed by atoms with E-state index in [0.717, 1.165) is 17.5 Å². The number of carbonyl (C=O) groups excluding carboxylic acids is 1. The van der Waals surface area contributed by atoms with Crippen molar-refractivity contribution in [1.82, 2.24) is 14.6 Å². The molecule has 1 amide bonds. The number of rotatable bonds is 4. The first-order valence-electron chi connectivity index (χ1n) is 7.91. The minimum Gasteiger partial charge on any atom is -0.351 e. The molecule has 0 saturated heterocycles. The molecule has 128 valence electrons. The van der Waals surface area contributed by atoms with Crippen LogP contribution in [0.3, 0.4) is 0 Å². The molecule has 6 nitrogen and oxygen atoms in total. The Morgan fingerprint density at radius 1 is 1.21 bits per heavy atom. The van der Waals surface area contributed by atoms with Gasteiger partial charge >= 0.3 is 0 Å². The van der Waals surface area contributed by atoms with Crippen molar-refractivity contribution in [2.24, 2.45) is 0 Å². The lowest BCUT2D eigenvalue weighted by Crippen LogP contribution is -2.24. The Labute approximate surface area is 141 Å². The van der Waals surface area contributed by atoms with Gasteiger partial charge in [0, 0.05) is 25.8 Å². The number of nitrogens with one attached hydrogen (secondary N) is 2. The van der Waals surface area contributed by atoms with Gasteiger partial charge in [0.2, 0.25) is 10.0 Å². The molecule has 0 bridgehead atoms. The second-order valence-electron chi connectivity index (χ2n) is 6.11. The molecule has 1 aliphatic rings. The van der Waals surface area contributed by atoms with Crippen molar-refractivity contribution in [2.75, 3.05) is 6.54 Å². The molecule has 1 aromatic heterocycles. The first-order chi connectivity index (χ1) is 11.4. The van der Waals surface area contributed by atoms with E-state index in [4.69, 9.17) is 0 Å². The Morgan fingerprint density at radius 2 is 2.00 bits per heavy atom. The van der Waals surface area contributed by atoms with Gasteiger partial charge in [-0.1, -0.05) is 18.2 Å². The standard InChI is InChI=1S/C17H21N3O3S/c1-12-4-5-14(8-13(12)2)10-19-24(22,23)15-9-16-17(21)18-6-3-7-20(16)11-15/h4-5,8-9,11,19H,3,6-7,10H2,1-2H3,(H,18,21). The lowest BCUT2D eigenvalue weighted by molar-refractivity contribution is 0.0951. The normalized spacial score (nSPS) is 14.8. The molecule has 3 rings (SSSR count). The van der Waals surface area contributed by atoms with Crippen LogP contribution in [0, 0.1) is 13.8 Å². The van der Waals surface area contributed by atoms with Gasteiger partial charge in [0.25, 0.3) is 5.91 Å². The Kier molecular flexibility index (Phi) is 4.47. The van der Waals surface area contributed by atoms with Gasteiger partial charge in [0.05, 0.1) is 0 Å². The van der Waals surface area contributed by atoms with Crippen molar-refractivity contribution < 1.29 is 13.2 Å². The largest absolute Gasteiger partial charge is 0.351 e. The smallest absolute Gasteiger partial charge is 0.267 e. The van der Waals surface area contributed by atoms with Crippen LogP contribution in [0.5, 0.6) is 0 Å². The monoisotopic (exact) mass is 347 g/mol. The third kappa shape index (κ3) is 3.37. The Hall–Kier alpha value is -2.12. The fourth-order valence-electron chi connectivity index (χ4n) is 2.72. The van der Waals surface area contributed by atoms with E-state index >= 15 is 0 Å². The maximum absolute atomic E-state index is 12.5. The average Bonchev–Trinajstić information content (AvgIpc) is 2.90. The van der Waals surface area contributed by atoms with Crippen LogP contribution in [0.25, 0.3) is 0 Å². The average molecular weight is 347 g/mol. The van der Waals surface area contributed by atoms with E-state index in [9.17, 15) is 13.2 Å². The summed E-state index contributed by atoms with van der Waals surface area (Å²) < 4.78 is 29.3. The van der Waals surface area contributed by atoms with Gasteiger partial charge in [-0.05, 0) is 43.0 Å². The Balaban J connectivity index is 1.79. The lowest BCUT2D eigenvalue weighted by Gasteiger charge is -2.07. The van der Waals surface area contributed by atoms with E-state index < -0.39 is 10.0 Å². The van der Waals surface area contributed by atoms with Crippen LogP contribution in [0.4, 0.5) is 0 Å². The van der Waals surface area contributed by atoms with E-state index in [-0.39, 0.29) is 17.3 Å². The minimum absolute atomic E-state index is 0.124. The number of benzene rings is 1. The molecule has 7 heteroatoms. The van der Waals surface area contributed by atoms with Gasteiger partial charge in [-0.25, -0.2) is 13.1 Å². The van der Waals surface area contributed by atoms with Crippen LogP contribution in [0.2, 0.25) is 0 Å². The SMILES string of the molecule is Cc1ccc(CNS(=O)(=O)c2cc3n(c2)CCCNC3=O)cc1C. The Bertz CT molecular complexity index is 884. The van der Waals surface area contributed by atoms with Gasteiger partial charge in [0.15, 0.2) is 0 Å². The van der Waals surface area contributed by atoms with Gasteiger partial charge in [-0.15, -0.1) is 0 Å². The molecule has 24 heavy (non-hydrogen) atoms. The third-order valence-electron chi connectivity index (χ3n) is 4.31. The van der Waals surface area contributed by atoms with E-state index in [0.29, 0.717) is 18.8 Å². The molecule has 1 aromatic carbocycles. The van der Waals surface area contributed by atoms with Crippen LogP contribution in [-0.2, 0) is 23.1 Å². The zero-order valence-corrected chi connectivity index (χ0v) is 14.6. The fraction of sp³-hybridized carbons (Fsp3) is 0.353. The molecule has 0 atom stereocenters. The van der Waals surface area contributed by atoms with Crippen LogP contribution >= 0.6 is 0 Å². The summed E-state index contributed by atoms with van der Waals surface area (Å²) in [5, 5.41) is 2.76. The predicted molar refractivity (Wildman–Crippen MR) is 91.3 cm³/mol. The first-order valence-corrected chi connectivity index (χ1v) is 9.39. The molecule has 2 aromatic rings. The predicted octanol–water partition coefficient (Wildman–Crippen LogP) is 1.72. The second-order valence-corrected chi connectivity index (χ2v) is 7.87. The van der Waals surface area contributed by atoms with Crippen molar-refractivity contribution in [1.29, 1.82) is 0 Å². The molecular weight excluding hydrogens is 326 g/mol. The molecule has 0 radical (unpaired) electrons. The summed E-state index contributed by atoms with van der Waals surface area (Å²) in [7, 11) is -3.66. The summed E-state index contributed by atoms with van der Waals surface area (Å²) in [5.41, 5.74) is 3.59. The number of fused-ring (bicyclic) bond motifs is 1. The molecule has 0 spiro atoms. The molecule has 0 saturated carbocycles. The van der Waals surface area contributed by atoms with Crippen molar-refractivity contribution >= 4 is 15.9 Å². The quantitative estimate of drug-likeness (QED) is 0.884. The van der Waals surface area contributed by atoms with Gasteiger partial charge in [-0.3, -0.25) is 4.79 Å². The van der Waals surface area contributed by atoms with Gasteiger partial charge in [-0.2, -0.15) is 0 Å². The molecular formula is C17H21N3O3S. The maximum Gasteiger partial charge on any atom is 0.267 e. The van der Waals surface area contributed by atoms with Gasteiger partial charge < -0.3 is 9.88 Å². The number of hydrogen-bond donors (Lipinski definition) is 2. The number of aromatic nitrogens is 1. The molecule has 1 aliphatic heterocycles. The second kappa shape index (κ2) is 6.41. The van der Waals surface area contributed by atoms with Crippen LogP contribution in [-0.4, -0.2) is 25.4 Å².